The minimum Gasteiger partial charge on any atom is -0.493 e. The highest BCUT2D eigenvalue weighted by Gasteiger charge is 2.29. The smallest absolute Gasteiger partial charge is 0.415 e. The zero-order valence-electron chi connectivity index (χ0n) is 23.1. The second-order valence-corrected chi connectivity index (χ2v) is 10.2. The normalized spacial score (nSPS) is 16.1. The first-order chi connectivity index (χ1) is 17.3. The standard InChI is InChI=1S/C29H47N3O4/c1-6-18-31(4)22-25-14-11-12-19-32(25)29(34)36-26-17-16-24(20-27(26)35-5)21-30-28(33)15-10-8-7-9-13-23(2)3/h9,13,16-17,20,23,25H,6-8,10-12,14-15,18-19,21-22H2,1-5H3,(H,30,33)/b13-9+. The van der Waals surface area contributed by atoms with E-state index in [0.29, 0.717) is 36.9 Å². The van der Waals surface area contributed by atoms with Gasteiger partial charge in [0.05, 0.1) is 7.11 Å². The predicted octanol–water partition coefficient (Wildman–Crippen LogP) is 5.78. The van der Waals surface area contributed by atoms with Crippen LogP contribution in [0.2, 0.25) is 0 Å². The Kier molecular flexibility index (Phi) is 13.4. The number of nitrogens with zero attached hydrogens (tertiary/aromatic N) is 2. The van der Waals surface area contributed by atoms with Crippen molar-refractivity contribution < 1.29 is 19.1 Å². The van der Waals surface area contributed by atoms with E-state index in [1.807, 2.05) is 17.0 Å². The van der Waals surface area contributed by atoms with Gasteiger partial charge < -0.3 is 24.6 Å². The van der Waals surface area contributed by atoms with Crippen LogP contribution in [0.5, 0.6) is 11.5 Å². The van der Waals surface area contributed by atoms with Gasteiger partial charge >= 0.3 is 6.09 Å². The monoisotopic (exact) mass is 501 g/mol. The largest absolute Gasteiger partial charge is 0.493 e. The van der Waals surface area contributed by atoms with E-state index in [4.69, 9.17) is 9.47 Å². The van der Waals surface area contributed by atoms with E-state index >= 15 is 0 Å². The average molecular weight is 502 g/mol. The molecular formula is C29H47N3O4. The SMILES string of the molecule is CCCN(C)CC1CCCCN1C(=O)Oc1ccc(CNC(=O)CCCC/C=C/C(C)C)cc1OC. The summed E-state index contributed by atoms with van der Waals surface area (Å²) in [7, 11) is 3.67. The number of nitrogens with one attached hydrogen (secondary N) is 1. The maximum absolute atomic E-state index is 13.1. The molecule has 1 aliphatic heterocycles. The number of carbonyl (C=O) groups excluding carboxylic acids is 2. The Morgan fingerprint density at radius 1 is 1.22 bits per heavy atom. The lowest BCUT2D eigenvalue weighted by molar-refractivity contribution is -0.121. The molecule has 0 aromatic heterocycles. The maximum atomic E-state index is 13.1. The lowest BCUT2D eigenvalue weighted by Crippen LogP contribution is -2.50. The van der Waals surface area contributed by atoms with Crippen LogP contribution in [0.3, 0.4) is 0 Å². The van der Waals surface area contributed by atoms with Crippen LogP contribution in [-0.4, -0.2) is 61.6 Å². The van der Waals surface area contributed by atoms with Crippen molar-refractivity contribution in [3.8, 4) is 11.5 Å². The number of carbonyl (C=O) groups is 2. The van der Waals surface area contributed by atoms with Gasteiger partial charge in [-0.1, -0.05) is 39.0 Å². The van der Waals surface area contributed by atoms with Crippen LogP contribution in [0.25, 0.3) is 0 Å². The van der Waals surface area contributed by atoms with Crippen LogP contribution in [0, 0.1) is 5.92 Å². The number of allylic oxidation sites excluding steroid dienone is 2. The average Bonchev–Trinajstić information content (AvgIpc) is 2.85. The summed E-state index contributed by atoms with van der Waals surface area (Å²) in [5.74, 6) is 1.50. The van der Waals surface area contributed by atoms with E-state index in [2.05, 4.69) is 50.2 Å². The summed E-state index contributed by atoms with van der Waals surface area (Å²) in [4.78, 5) is 29.4. The third-order valence-electron chi connectivity index (χ3n) is 6.45. The minimum atomic E-state index is -0.327. The van der Waals surface area contributed by atoms with Crippen LogP contribution in [0.15, 0.2) is 30.4 Å². The van der Waals surface area contributed by atoms with E-state index in [9.17, 15) is 9.59 Å². The van der Waals surface area contributed by atoms with E-state index in [-0.39, 0.29) is 18.0 Å². The van der Waals surface area contributed by atoms with E-state index in [1.165, 1.54) is 0 Å². The van der Waals surface area contributed by atoms with Crippen molar-refractivity contribution in [3.05, 3.63) is 35.9 Å². The van der Waals surface area contributed by atoms with Crippen LogP contribution in [-0.2, 0) is 11.3 Å². The Morgan fingerprint density at radius 2 is 2.03 bits per heavy atom. The molecule has 1 fully saturated rings. The van der Waals surface area contributed by atoms with Crippen molar-refractivity contribution in [1.82, 2.24) is 15.1 Å². The molecule has 1 N–H and O–H groups in total. The van der Waals surface area contributed by atoms with Crippen molar-refractivity contribution in [1.29, 1.82) is 0 Å². The Hall–Kier alpha value is -2.54. The molecule has 7 heteroatoms. The van der Waals surface area contributed by atoms with E-state index < -0.39 is 0 Å². The van der Waals surface area contributed by atoms with Crippen molar-refractivity contribution >= 4 is 12.0 Å². The molecule has 1 heterocycles. The molecule has 0 radical (unpaired) electrons. The van der Waals surface area contributed by atoms with Crippen LogP contribution in [0.4, 0.5) is 4.79 Å². The highest BCUT2D eigenvalue weighted by atomic mass is 16.6. The van der Waals surface area contributed by atoms with Crippen LogP contribution >= 0.6 is 0 Å². The molecule has 1 aromatic rings. The molecule has 0 spiro atoms. The van der Waals surface area contributed by atoms with Gasteiger partial charge in [0.15, 0.2) is 11.5 Å². The molecule has 0 bridgehead atoms. The predicted molar refractivity (Wildman–Crippen MR) is 145 cm³/mol. The quantitative estimate of drug-likeness (QED) is 0.258. The number of piperidine rings is 1. The van der Waals surface area contributed by atoms with Gasteiger partial charge in [0.25, 0.3) is 0 Å². The summed E-state index contributed by atoms with van der Waals surface area (Å²) in [6.07, 6.45) is 11.7. The van der Waals surface area contributed by atoms with Gasteiger partial charge in [-0.05, 0) is 82.2 Å². The molecule has 1 unspecified atom stereocenters. The Labute approximate surface area is 218 Å². The zero-order chi connectivity index (χ0) is 26.3. The molecular weight excluding hydrogens is 454 g/mol. The highest BCUT2D eigenvalue weighted by Crippen LogP contribution is 2.29. The minimum absolute atomic E-state index is 0.0430. The molecule has 36 heavy (non-hydrogen) atoms. The number of likely N-dealkylation sites (tertiary alicyclic amines) is 1. The molecule has 1 saturated heterocycles. The van der Waals surface area contributed by atoms with E-state index in [0.717, 1.165) is 63.6 Å². The summed E-state index contributed by atoms with van der Waals surface area (Å²) in [6, 6.07) is 5.60. The first-order valence-electron chi connectivity index (χ1n) is 13.6. The summed E-state index contributed by atoms with van der Waals surface area (Å²) in [5, 5.41) is 2.97. The van der Waals surface area contributed by atoms with Gasteiger partial charge in [0.2, 0.25) is 5.91 Å². The third-order valence-corrected chi connectivity index (χ3v) is 6.45. The fourth-order valence-corrected chi connectivity index (χ4v) is 4.53. The molecule has 2 rings (SSSR count). The number of ether oxygens (including phenoxy) is 2. The molecule has 1 atom stereocenters. The fraction of sp³-hybridized carbons (Fsp3) is 0.655. The maximum Gasteiger partial charge on any atom is 0.415 e. The molecule has 0 saturated carbocycles. The van der Waals surface area contributed by atoms with Gasteiger partial charge in [-0.2, -0.15) is 0 Å². The van der Waals surface area contributed by atoms with Gasteiger partial charge in [-0.15, -0.1) is 0 Å². The molecule has 1 aliphatic rings. The number of hydrogen-bond acceptors (Lipinski definition) is 5. The molecule has 7 nitrogen and oxygen atoms in total. The topological polar surface area (TPSA) is 71.1 Å². The lowest BCUT2D eigenvalue weighted by Gasteiger charge is -2.37. The number of benzene rings is 1. The summed E-state index contributed by atoms with van der Waals surface area (Å²) < 4.78 is 11.3. The first-order valence-corrected chi connectivity index (χ1v) is 13.6. The molecule has 202 valence electrons. The van der Waals surface area contributed by atoms with Gasteiger partial charge in [0, 0.05) is 32.1 Å². The number of amides is 2. The van der Waals surface area contributed by atoms with Gasteiger partial charge in [-0.3, -0.25) is 4.79 Å². The molecule has 1 aromatic carbocycles. The summed E-state index contributed by atoms with van der Waals surface area (Å²) in [5.41, 5.74) is 0.900. The number of methoxy groups -OCH3 is 1. The number of likely N-dealkylation sites (N-methyl/N-ethyl adjacent to an activating group) is 1. The number of rotatable bonds is 14. The van der Waals surface area contributed by atoms with E-state index in [1.54, 1.807) is 13.2 Å². The van der Waals surface area contributed by atoms with Crippen LogP contribution < -0.4 is 14.8 Å². The molecule has 2 amide bonds. The Bertz CT molecular complexity index is 840. The van der Waals surface area contributed by atoms with Gasteiger partial charge in [-0.25, -0.2) is 4.79 Å². The van der Waals surface area contributed by atoms with Gasteiger partial charge in [0.1, 0.15) is 0 Å². The van der Waals surface area contributed by atoms with Crippen molar-refractivity contribution in [2.75, 3.05) is 33.8 Å². The first kappa shape index (κ1) is 29.7. The molecule has 0 aliphatic carbocycles. The third kappa shape index (κ3) is 10.6. The zero-order valence-corrected chi connectivity index (χ0v) is 23.1. The summed E-state index contributed by atoms with van der Waals surface area (Å²) in [6.45, 7) is 9.48. The highest BCUT2D eigenvalue weighted by molar-refractivity contribution is 5.76. The fourth-order valence-electron chi connectivity index (χ4n) is 4.53. The van der Waals surface area contributed by atoms with Crippen molar-refractivity contribution in [3.63, 3.8) is 0 Å². The number of hydrogen-bond donors (Lipinski definition) is 1. The second kappa shape index (κ2) is 16.3. The van der Waals surface area contributed by atoms with Crippen LogP contribution in [0.1, 0.15) is 77.7 Å². The second-order valence-electron chi connectivity index (χ2n) is 10.2. The van der Waals surface area contributed by atoms with Crippen molar-refractivity contribution in [2.24, 2.45) is 5.92 Å². The summed E-state index contributed by atoms with van der Waals surface area (Å²) >= 11 is 0. The number of unbranched alkanes of at least 4 members (excludes halogenated alkanes) is 2. The Balaban J connectivity index is 1.86. The Morgan fingerprint density at radius 3 is 2.75 bits per heavy atom. The lowest BCUT2D eigenvalue weighted by atomic mass is 10.0. The van der Waals surface area contributed by atoms with Crippen molar-refractivity contribution in [2.45, 2.75) is 84.7 Å².